The van der Waals surface area contributed by atoms with Gasteiger partial charge >= 0.3 is 0 Å². The van der Waals surface area contributed by atoms with E-state index in [1.807, 2.05) is 6.19 Å². The first kappa shape index (κ1) is 18.8. The number of benzene rings is 1. The Kier molecular flexibility index (Phi) is 6.72. The van der Waals surface area contributed by atoms with Crippen LogP contribution in [-0.4, -0.2) is 39.0 Å². The standard InChI is InChI=1S/C16H23ClN4O2S/c1-2-3-4-8-19-13-5-6-15(17)16(10-13)24(22,23)20-14-7-9-21(11-14)12-18/h5-6,10,14,19-20H,2-4,7-9,11H2,1H3/t14-/m1/s1. The van der Waals surface area contributed by atoms with E-state index in [1.165, 1.54) is 0 Å². The fraction of sp³-hybridized carbons (Fsp3) is 0.562. The first-order valence-electron chi connectivity index (χ1n) is 8.16. The number of anilines is 1. The van der Waals surface area contributed by atoms with Crippen molar-refractivity contribution >= 4 is 27.3 Å². The molecule has 1 atom stereocenters. The van der Waals surface area contributed by atoms with Gasteiger partial charge in [0.05, 0.1) is 5.02 Å². The van der Waals surface area contributed by atoms with Crippen LogP contribution in [-0.2, 0) is 10.0 Å². The van der Waals surface area contributed by atoms with Crippen LogP contribution < -0.4 is 10.0 Å². The van der Waals surface area contributed by atoms with Crippen LogP contribution in [0, 0.1) is 11.5 Å². The number of likely N-dealkylation sites (tertiary alicyclic amines) is 1. The molecule has 1 aromatic carbocycles. The molecule has 0 radical (unpaired) electrons. The van der Waals surface area contributed by atoms with Gasteiger partial charge in [-0.15, -0.1) is 0 Å². The summed E-state index contributed by atoms with van der Waals surface area (Å²) >= 11 is 6.10. The molecule has 24 heavy (non-hydrogen) atoms. The van der Waals surface area contributed by atoms with Crippen LogP contribution in [0.3, 0.4) is 0 Å². The SMILES string of the molecule is CCCCCNc1ccc(Cl)c(S(=O)(=O)N[C@@H]2CCN(C#N)C2)c1. The average molecular weight is 371 g/mol. The molecule has 6 nitrogen and oxygen atoms in total. The lowest BCUT2D eigenvalue weighted by Crippen LogP contribution is -2.36. The van der Waals surface area contributed by atoms with Gasteiger partial charge in [-0.1, -0.05) is 31.4 Å². The minimum absolute atomic E-state index is 0.0695. The molecule has 2 rings (SSSR count). The van der Waals surface area contributed by atoms with Gasteiger partial charge in [0.1, 0.15) is 4.90 Å². The predicted molar refractivity (Wildman–Crippen MR) is 95.4 cm³/mol. The monoisotopic (exact) mass is 370 g/mol. The molecule has 0 saturated carbocycles. The molecule has 0 unspecified atom stereocenters. The summed E-state index contributed by atoms with van der Waals surface area (Å²) in [4.78, 5) is 1.61. The molecule has 0 aliphatic carbocycles. The Morgan fingerprint density at radius 3 is 2.88 bits per heavy atom. The highest BCUT2D eigenvalue weighted by Gasteiger charge is 2.28. The Morgan fingerprint density at radius 1 is 1.42 bits per heavy atom. The maximum Gasteiger partial charge on any atom is 0.242 e. The molecule has 0 amide bonds. The number of halogens is 1. The zero-order valence-corrected chi connectivity index (χ0v) is 15.3. The van der Waals surface area contributed by atoms with Gasteiger partial charge in [0.15, 0.2) is 6.19 Å². The van der Waals surface area contributed by atoms with E-state index in [2.05, 4.69) is 17.0 Å². The Balaban J connectivity index is 2.07. The molecule has 1 saturated heterocycles. The third-order valence-electron chi connectivity index (χ3n) is 3.98. The van der Waals surface area contributed by atoms with Crippen LogP contribution in [0.25, 0.3) is 0 Å². The second-order valence-corrected chi connectivity index (χ2v) is 8.02. The zero-order chi connectivity index (χ0) is 17.6. The Hall–Kier alpha value is -1.49. The molecule has 132 valence electrons. The van der Waals surface area contributed by atoms with Crippen LogP contribution in [0.4, 0.5) is 5.69 Å². The van der Waals surface area contributed by atoms with E-state index < -0.39 is 10.0 Å². The number of nitrogens with zero attached hydrogens (tertiary/aromatic N) is 2. The second kappa shape index (κ2) is 8.56. The highest BCUT2D eigenvalue weighted by atomic mass is 35.5. The van der Waals surface area contributed by atoms with E-state index in [-0.39, 0.29) is 16.0 Å². The van der Waals surface area contributed by atoms with Crippen molar-refractivity contribution < 1.29 is 8.42 Å². The summed E-state index contributed by atoms with van der Waals surface area (Å²) in [6.45, 7) is 3.88. The van der Waals surface area contributed by atoms with Crippen molar-refractivity contribution in [1.29, 1.82) is 5.26 Å². The molecule has 1 heterocycles. The number of nitrogens with one attached hydrogen (secondary N) is 2. The van der Waals surface area contributed by atoms with Crippen LogP contribution in [0.2, 0.25) is 5.02 Å². The van der Waals surface area contributed by atoms with Crippen molar-refractivity contribution in [3.8, 4) is 6.19 Å². The number of hydrogen-bond acceptors (Lipinski definition) is 5. The fourth-order valence-electron chi connectivity index (χ4n) is 2.66. The number of rotatable bonds is 8. The van der Waals surface area contributed by atoms with Crippen molar-refractivity contribution in [2.24, 2.45) is 0 Å². The summed E-state index contributed by atoms with van der Waals surface area (Å²) in [5.74, 6) is 0. The summed E-state index contributed by atoms with van der Waals surface area (Å²) in [5, 5.41) is 12.3. The van der Waals surface area contributed by atoms with E-state index in [9.17, 15) is 8.42 Å². The summed E-state index contributed by atoms with van der Waals surface area (Å²) in [7, 11) is -3.72. The second-order valence-electron chi connectivity index (χ2n) is 5.93. The molecule has 0 aromatic heterocycles. The summed E-state index contributed by atoms with van der Waals surface area (Å²) < 4.78 is 27.9. The minimum Gasteiger partial charge on any atom is -0.385 e. The van der Waals surface area contributed by atoms with Crippen molar-refractivity contribution in [2.75, 3.05) is 25.0 Å². The molecule has 0 spiro atoms. The van der Waals surface area contributed by atoms with Crippen LogP contribution in [0.5, 0.6) is 0 Å². The smallest absolute Gasteiger partial charge is 0.242 e. The first-order valence-corrected chi connectivity index (χ1v) is 10.0. The Labute approximate surface area is 148 Å². The Morgan fingerprint density at radius 2 is 2.21 bits per heavy atom. The molecule has 2 N–H and O–H groups in total. The third kappa shape index (κ3) is 5.00. The summed E-state index contributed by atoms with van der Waals surface area (Å²) in [6.07, 6.45) is 5.94. The number of nitriles is 1. The van der Waals surface area contributed by atoms with Gasteiger partial charge in [0, 0.05) is 31.4 Å². The third-order valence-corrected chi connectivity index (χ3v) is 5.98. The van der Waals surface area contributed by atoms with E-state index >= 15 is 0 Å². The largest absolute Gasteiger partial charge is 0.385 e. The van der Waals surface area contributed by atoms with Gasteiger partial charge in [-0.25, -0.2) is 13.1 Å². The molecule has 1 fully saturated rings. The van der Waals surface area contributed by atoms with Gasteiger partial charge in [0.2, 0.25) is 10.0 Å². The summed E-state index contributed by atoms with van der Waals surface area (Å²) in [6, 6.07) is 4.66. The molecule has 1 aliphatic heterocycles. The van der Waals surface area contributed by atoms with Crippen molar-refractivity contribution in [3.63, 3.8) is 0 Å². The lowest BCUT2D eigenvalue weighted by Gasteiger charge is -2.15. The average Bonchev–Trinajstić information content (AvgIpc) is 2.99. The van der Waals surface area contributed by atoms with Gasteiger partial charge in [0.25, 0.3) is 0 Å². The van der Waals surface area contributed by atoms with Gasteiger partial charge in [-0.3, -0.25) is 0 Å². The predicted octanol–water partition coefficient (Wildman–Crippen LogP) is 2.78. The maximum absolute atomic E-state index is 12.6. The maximum atomic E-state index is 12.6. The van der Waals surface area contributed by atoms with E-state index in [4.69, 9.17) is 16.9 Å². The quantitative estimate of drug-likeness (QED) is 0.543. The van der Waals surface area contributed by atoms with Crippen molar-refractivity contribution in [1.82, 2.24) is 9.62 Å². The van der Waals surface area contributed by atoms with Gasteiger partial charge < -0.3 is 10.2 Å². The lowest BCUT2D eigenvalue weighted by molar-refractivity contribution is 0.470. The van der Waals surface area contributed by atoms with Crippen LogP contribution in [0.15, 0.2) is 23.1 Å². The Bertz CT molecular complexity index is 703. The van der Waals surface area contributed by atoms with Crippen molar-refractivity contribution in [2.45, 2.75) is 43.5 Å². The molecule has 1 aliphatic rings. The van der Waals surface area contributed by atoms with E-state index in [0.29, 0.717) is 19.5 Å². The number of unbranched alkanes of at least 4 members (excludes halogenated alkanes) is 2. The molecule has 0 bridgehead atoms. The molecule has 8 heteroatoms. The lowest BCUT2D eigenvalue weighted by atomic mass is 10.2. The van der Waals surface area contributed by atoms with Gasteiger partial charge in [-0.05, 0) is 31.0 Å². The van der Waals surface area contributed by atoms with E-state index in [0.717, 1.165) is 31.5 Å². The van der Waals surface area contributed by atoms with Crippen LogP contribution in [0.1, 0.15) is 32.6 Å². The first-order chi connectivity index (χ1) is 11.5. The highest BCUT2D eigenvalue weighted by molar-refractivity contribution is 7.89. The molecular weight excluding hydrogens is 348 g/mol. The summed E-state index contributed by atoms with van der Waals surface area (Å²) in [5.41, 5.74) is 0.737. The normalized spacial score (nSPS) is 17.7. The molecular formula is C16H23ClN4O2S. The van der Waals surface area contributed by atoms with Crippen LogP contribution >= 0.6 is 11.6 Å². The zero-order valence-electron chi connectivity index (χ0n) is 13.8. The number of hydrogen-bond donors (Lipinski definition) is 2. The minimum atomic E-state index is -3.72. The number of sulfonamides is 1. The highest BCUT2D eigenvalue weighted by Crippen LogP contribution is 2.26. The molecule has 1 aromatic rings. The fourth-order valence-corrected chi connectivity index (χ4v) is 4.44. The topological polar surface area (TPSA) is 85.2 Å². The van der Waals surface area contributed by atoms with E-state index in [1.54, 1.807) is 23.1 Å². The van der Waals surface area contributed by atoms with Gasteiger partial charge in [-0.2, -0.15) is 5.26 Å². The van der Waals surface area contributed by atoms with Crippen molar-refractivity contribution in [3.05, 3.63) is 23.2 Å².